The van der Waals surface area contributed by atoms with E-state index in [-0.39, 0.29) is 30.2 Å². The molecule has 0 aliphatic rings. The van der Waals surface area contributed by atoms with Crippen LogP contribution in [0.5, 0.6) is 0 Å². The molecule has 0 fully saturated rings. The van der Waals surface area contributed by atoms with Gasteiger partial charge in [0.05, 0.1) is 26.0 Å². The van der Waals surface area contributed by atoms with Crippen LogP contribution < -0.4 is 24.0 Å². The second kappa shape index (κ2) is 5.74. The largest absolute Gasteiger partial charge is 1.00 e. The van der Waals surface area contributed by atoms with Gasteiger partial charge in [0, 0.05) is 6.92 Å². The minimum atomic E-state index is -0.275. The van der Waals surface area contributed by atoms with Crippen molar-refractivity contribution in [2.75, 3.05) is 26.0 Å². The quantitative estimate of drug-likeness (QED) is 0.270. The van der Waals surface area contributed by atoms with Crippen molar-refractivity contribution in [2.24, 2.45) is 0 Å². The zero-order chi connectivity index (χ0) is 7.49. The van der Waals surface area contributed by atoms with E-state index in [2.05, 4.69) is 15.9 Å². The third-order valence-electron chi connectivity index (χ3n) is 1.67. The SMILES string of the molecule is CC(O)[N+](C)(C)CCBr.[I-]. The number of hydrogen-bond acceptors (Lipinski definition) is 1. The van der Waals surface area contributed by atoms with Crippen LogP contribution in [0.25, 0.3) is 0 Å². The maximum Gasteiger partial charge on any atom is 0.187 e. The summed E-state index contributed by atoms with van der Waals surface area (Å²) in [7, 11) is 4.01. The van der Waals surface area contributed by atoms with E-state index < -0.39 is 0 Å². The van der Waals surface area contributed by atoms with Gasteiger partial charge >= 0.3 is 0 Å². The lowest BCUT2D eigenvalue weighted by molar-refractivity contribution is -0.932. The lowest BCUT2D eigenvalue weighted by atomic mass is 10.4. The van der Waals surface area contributed by atoms with Crippen LogP contribution in [0.2, 0.25) is 0 Å². The molecule has 4 heteroatoms. The standard InChI is InChI=1S/C6H15BrNO.HI/c1-6(9)8(2,3)5-4-7;/h6,9H,4-5H2,1-3H3;1H/q+1;/p-1. The van der Waals surface area contributed by atoms with Crippen molar-refractivity contribution in [2.45, 2.75) is 13.2 Å². The van der Waals surface area contributed by atoms with E-state index in [1.807, 2.05) is 21.0 Å². The average molecular weight is 324 g/mol. The van der Waals surface area contributed by atoms with E-state index in [9.17, 15) is 0 Å². The van der Waals surface area contributed by atoms with Crippen molar-refractivity contribution in [1.29, 1.82) is 0 Å². The van der Waals surface area contributed by atoms with Crippen LogP contribution in [-0.4, -0.2) is 41.8 Å². The molecule has 1 N–H and O–H groups in total. The summed E-state index contributed by atoms with van der Waals surface area (Å²) in [4.78, 5) is 0. The maximum absolute atomic E-state index is 9.16. The summed E-state index contributed by atoms with van der Waals surface area (Å²) in [5.41, 5.74) is 0. The predicted octanol–water partition coefficient (Wildman–Crippen LogP) is -2.20. The Balaban J connectivity index is 0. The van der Waals surface area contributed by atoms with Gasteiger partial charge in [-0.1, -0.05) is 15.9 Å². The van der Waals surface area contributed by atoms with Crippen molar-refractivity contribution in [3.63, 3.8) is 0 Å². The molecular formula is C6H15BrINO. The topological polar surface area (TPSA) is 20.2 Å². The predicted molar refractivity (Wildman–Crippen MR) is 42.5 cm³/mol. The van der Waals surface area contributed by atoms with Gasteiger partial charge in [0.15, 0.2) is 6.23 Å². The number of alkyl halides is 1. The third-order valence-corrected chi connectivity index (χ3v) is 2.03. The van der Waals surface area contributed by atoms with E-state index in [4.69, 9.17) is 5.11 Å². The number of halogens is 2. The molecule has 0 saturated carbocycles. The third kappa shape index (κ3) is 4.87. The number of quaternary nitrogens is 1. The highest BCUT2D eigenvalue weighted by Crippen LogP contribution is 2.03. The summed E-state index contributed by atoms with van der Waals surface area (Å²) in [5, 5.41) is 10.1. The zero-order valence-corrected chi connectivity index (χ0v) is 10.4. The molecule has 1 atom stereocenters. The molecule has 1 unspecified atom stereocenters. The van der Waals surface area contributed by atoms with Gasteiger partial charge in [-0.15, -0.1) is 0 Å². The van der Waals surface area contributed by atoms with Crippen LogP contribution in [0.1, 0.15) is 6.92 Å². The molecule has 0 aromatic carbocycles. The minimum Gasteiger partial charge on any atom is -1.00 e. The molecule has 0 amide bonds. The Bertz CT molecular complexity index is 87.8. The molecule has 0 rings (SSSR count). The highest BCUT2D eigenvalue weighted by Gasteiger charge is 2.19. The summed E-state index contributed by atoms with van der Waals surface area (Å²) < 4.78 is 0.658. The second-order valence-corrected chi connectivity index (χ2v) is 3.62. The van der Waals surface area contributed by atoms with Gasteiger partial charge in [-0.05, 0) is 0 Å². The molecule has 0 aliphatic heterocycles. The normalized spacial score (nSPS) is 14.1. The molecule has 0 spiro atoms. The molecule has 0 radical (unpaired) electrons. The van der Waals surface area contributed by atoms with Gasteiger partial charge in [0.25, 0.3) is 0 Å². The van der Waals surface area contributed by atoms with E-state index >= 15 is 0 Å². The number of hydrogen-bond donors (Lipinski definition) is 1. The van der Waals surface area contributed by atoms with Gasteiger partial charge in [-0.3, -0.25) is 0 Å². The number of rotatable bonds is 3. The molecule has 10 heavy (non-hydrogen) atoms. The molecule has 0 aromatic rings. The minimum absolute atomic E-state index is 0. The first-order valence-corrected chi connectivity index (χ1v) is 4.19. The summed E-state index contributed by atoms with van der Waals surface area (Å²) in [6.07, 6.45) is -0.275. The molecular weight excluding hydrogens is 309 g/mol. The van der Waals surface area contributed by atoms with Crippen molar-refractivity contribution in [3.8, 4) is 0 Å². The van der Waals surface area contributed by atoms with E-state index in [1.165, 1.54) is 0 Å². The fourth-order valence-electron chi connectivity index (χ4n) is 0.405. The Morgan fingerprint density at radius 1 is 1.50 bits per heavy atom. The number of aliphatic hydroxyl groups is 1. The van der Waals surface area contributed by atoms with Gasteiger partial charge in [-0.2, -0.15) is 0 Å². The number of nitrogens with zero attached hydrogens (tertiary/aromatic N) is 1. The van der Waals surface area contributed by atoms with Crippen LogP contribution in [0.3, 0.4) is 0 Å². The van der Waals surface area contributed by atoms with Gasteiger partial charge < -0.3 is 33.6 Å². The molecule has 0 bridgehead atoms. The molecule has 2 nitrogen and oxygen atoms in total. The van der Waals surface area contributed by atoms with Crippen LogP contribution in [0.15, 0.2) is 0 Å². The van der Waals surface area contributed by atoms with Crippen molar-refractivity contribution < 1.29 is 33.6 Å². The lowest BCUT2D eigenvalue weighted by Crippen LogP contribution is -3.00. The first kappa shape index (κ1) is 13.7. The Hall–Kier alpha value is 1.13. The zero-order valence-electron chi connectivity index (χ0n) is 6.64. The highest BCUT2D eigenvalue weighted by atomic mass is 127. The van der Waals surface area contributed by atoms with Crippen LogP contribution in [0.4, 0.5) is 0 Å². The fraction of sp³-hybridized carbons (Fsp3) is 1.00. The van der Waals surface area contributed by atoms with Crippen molar-refractivity contribution >= 4 is 15.9 Å². The molecule has 0 heterocycles. The maximum atomic E-state index is 9.16. The van der Waals surface area contributed by atoms with Crippen LogP contribution in [-0.2, 0) is 0 Å². The first-order valence-electron chi connectivity index (χ1n) is 3.07. The second-order valence-electron chi connectivity index (χ2n) is 2.82. The van der Waals surface area contributed by atoms with E-state index in [1.54, 1.807) is 0 Å². The summed E-state index contributed by atoms with van der Waals surface area (Å²) >= 11 is 3.33. The average Bonchev–Trinajstić information content (AvgIpc) is 1.65. The van der Waals surface area contributed by atoms with Gasteiger partial charge in [0.1, 0.15) is 0 Å². The molecule has 0 aliphatic carbocycles. The Labute approximate surface area is 88.3 Å². The fourth-order valence-corrected chi connectivity index (χ4v) is 1.32. The molecule has 0 aromatic heterocycles. The van der Waals surface area contributed by atoms with Gasteiger partial charge in [0.2, 0.25) is 0 Å². The van der Waals surface area contributed by atoms with Crippen molar-refractivity contribution in [1.82, 2.24) is 0 Å². The molecule has 0 saturated heterocycles. The van der Waals surface area contributed by atoms with Crippen LogP contribution >= 0.6 is 15.9 Å². The van der Waals surface area contributed by atoms with E-state index in [0.29, 0.717) is 4.48 Å². The summed E-state index contributed by atoms with van der Waals surface area (Å²) in [6.45, 7) is 2.76. The van der Waals surface area contributed by atoms with E-state index in [0.717, 1.165) is 11.9 Å². The molecule has 64 valence electrons. The highest BCUT2D eigenvalue weighted by molar-refractivity contribution is 9.09. The Kier molecular flexibility index (Phi) is 7.86. The Morgan fingerprint density at radius 2 is 1.90 bits per heavy atom. The van der Waals surface area contributed by atoms with Crippen LogP contribution in [0, 0.1) is 0 Å². The monoisotopic (exact) mass is 323 g/mol. The first-order chi connectivity index (χ1) is 4.00. The lowest BCUT2D eigenvalue weighted by Gasteiger charge is -2.31. The number of aliphatic hydroxyl groups excluding tert-OH is 1. The Morgan fingerprint density at radius 3 is 2.00 bits per heavy atom. The summed E-state index contributed by atoms with van der Waals surface area (Å²) in [5.74, 6) is 0. The smallest absolute Gasteiger partial charge is 0.187 e. The van der Waals surface area contributed by atoms with Crippen molar-refractivity contribution in [3.05, 3.63) is 0 Å². The van der Waals surface area contributed by atoms with Gasteiger partial charge in [-0.25, -0.2) is 0 Å². The summed E-state index contributed by atoms with van der Waals surface area (Å²) in [6, 6.07) is 0.